The van der Waals surface area contributed by atoms with Gasteiger partial charge >= 0.3 is 0 Å². The van der Waals surface area contributed by atoms with Crippen molar-refractivity contribution in [2.24, 2.45) is 0 Å². The Balaban J connectivity index is 1.95. The maximum atomic E-state index is 3.85. The molecule has 0 N–H and O–H groups in total. The number of rotatable bonds is 3. The summed E-state index contributed by atoms with van der Waals surface area (Å²) in [6.07, 6.45) is 0. The molecule has 1 aliphatic carbocycles. The zero-order valence-electron chi connectivity index (χ0n) is 19.6. The number of aryl methyl sites for hydroxylation is 6. The monoisotopic (exact) mass is 498 g/mol. The number of benzene rings is 4. The summed E-state index contributed by atoms with van der Waals surface area (Å²) in [6, 6.07) is 22.9. The van der Waals surface area contributed by atoms with E-state index in [4.69, 9.17) is 0 Å². The zero-order valence-corrected chi connectivity index (χ0v) is 22.1. The smallest absolute Gasteiger partial charge is 0.0260 e. The van der Waals surface area contributed by atoms with Gasteiger partial charge in [-0.2, -0.15) is 0 Å². The largest absolute Gasteiger partial charge is 0.0609 e. The van der Waals surface area contributed by atoms with Crippen molar-refractivity contribution in [3.05, 3.63) is 119 Å². The van der Waals surface area contributed by atoms with E-state index in [1.807, 2.05) is 0 Å². The summed E-state index contributed by atoms with van der Waals surface area (Å²) in [4.78, 5) is 0. The van der Waals surface area contributed by atoms with E-state index in [2.05, 4.69) is 118 Å². The van der Waals surface area contributed by atoms with Gasteiger partial charge in [-0.25, -0.2) is 0 Å². The van der Waals surface area contributed by atoms with Gasteiger partial charge in [-0.3, -0.25) is 0 Å². The second-order valence-electron chi connectivity index (χ2n) is 9.19. The highest BCUT2D eigenvalue weighted by Gasteiger charge is 2.26. The Labute approximate surface area is 200 Å². The first-order chi connectivity index (χ1) is 15.3. The van der Waals surface area contributed by atoms with Crippen LogP contribution in [0.3, 0.4) is 0 Å². The van der Waals surface area contributed by atoms with E-state index in [0.717, 1.165) is 0 Å². The fourth-order valence-corrected chi connectivity index (χ4v) is 9.19. The average Bonchev–Trinajstić information content (AvgIpc) is 2.69. The van der Waals surface area contributed by atoms with Crippen molar-refractivity contribution in [3.63, 3.8) is 0 Å². The predicted octanol–water partition coefficient (Wildman–Crippen LogP) is 6.95. The quantitative estimate of drug-likeness (QED) is 0.236. The predicted molar refractivity (Wildman–Crippen MR) is 143 cm³/mol. The van der Waals surface area contributed by atoms with Gasteiger partial charge < -0.3 is 0 Å². The van der Waals surface area contributed by atoms with Crippen LogP contribution < -0.4 is 15.9 Å². The van der Waals surface area contributed by atoms with E-state index in [9.17, 15) is 0 Å². The van der Waals surface area contributed by atoms with Gasteiger partial charge in [0.05, 0.1) is 0 Å². The number of halogens is 1. The second kappa shape index (κ2) is 7.98. The molecule has 0 aliphatic heterocycles. The summed E-state index contributed by atoms with van der Waals surface area (Å²) in [6.45, 7) is 13.6. The highest BCUT2D eigenvalue weighted by atomic mass is 79.9. The molecule has 0 unspecified atom stereocenters. The van der Waals surface area contributed by atoms with Crippen LogP contribution in [0.5, 0.6) is 0 Å². The first-order valence-electron chi connectivity index (χ1n) is 11.2. The molecule has 4 aromatic carbocycles. The van der Waals surface area contributed by atoms with E-state index in [1.165, 1.54) is 74.6 Å². The summed E-state index contributed by atoms with van der Waals surface area (Å²) in [5.74, 6) is 0. The molecule has 0 bridgehead atoms. The molecule has 5 rings (SSSR count). The van der Waals surface area contributed by atoms with Gasteiger partial charge in [0.25, 0.3) is 0 Å². The number of hydrogen-bond acceptors (Lipinski definition) is 0. The van der Waals surface area contributed by atoms with E-state index in [1.54, 1.807) is 0 Å². The van der Waals surface area contributed by atoms with Crippen LogP contribution in [0.15, 0.2) is 65.1 Å². The lowest BCUT2D eigenvalue weighted by molar-refractivity contribution is 1.28. The lowest BCUT2D eigenvalue weighted by Gasteiger charge is -2.28. The van der Waals surface area contributed by atoms with Crippen LogP contribution in [-0.4, -0.2) is 0 Å². The Bertz CT molecular complexity index is 1490. The zero-order chi connectivity index (χ0) is 22.7. The van der Waals surface area contributed by atoms with Crippen LogP contribution in [-0.2, 0) is 0 Å². The summed E-state index contributed by atoms with van der Waals surface area (Å²) in [5.41, 5.74) is 8.28. The summed E-state index contributed by atoms with van der Waals surface area (Å²) < 4.78 is 1.19. The van der Waals surface area contributed by atoms with Gasteiger partial charge in [-0.15, -0.1) is 0 Å². The minimum Gasteiger partial charge on any atom is -0.0609 e. The molecule has 0 aromatic heterocycles. The Morgan fingerprint density at radius 3 is 1.50 bits per heavy atom. The van der Waals surface area contributed by atoms with E-state index in [-0.39, 0.29) is 0 Å². The first-order valence-corrected chi connectivity index (χ1v) is 13.3. The molecule has 0 heterocycles. The molecule has 0 saturated carbocycles. The van der Waals surface area contributed by atoms with Crippen molar-refractivity contribution >= 4 is 39.8 Å². The number of hydrogen-bond donors (Lipinski definition) is 0. The highest BCUT2D eigenvalue weighted by Crippen LogP contribution is 2.40. The van der Waals surface area contributed by atoms with Crippen molar-refractivity contribution < 1.29 is 0 Å². The lowest BCUT2D eigenvalue weighted by atomic mass is 10.0. The molecule has 0 nitrogen and oxygen atoms in total. The van der Waals surface area contributed by atoms with Gasteiger partial charge in [-0.1, -0.05) is 81.7 Å². The lowest BCUT2D eigenvalue weighted by Crippen LogP contribution is -2.29. The van der Waals surface area contributed by atoms with Crippen LogP contribution in [0.1, 0.15) is 33.4 Å². The maximum absolute atomic E-state index is 3.85. The van der Waals surface area contributed by atoms with E-state index >= 15 is 0 Å². The molecular formula is C30H28BrP. The summed E-state index contributed by atoms with van der Waals surface area (Å²) in [5, 5.41) is 10.0. The SMILES string of the molecule is Cc1cc(C)c(P(c2c(C)cc(C)cc2C)c2cccc3c2=c2c(Br)cccc2=3)c(C)c1. The summed E-state index contributed by atoms with van der Waals surface area (Å²) in [7, 11) is -0.698. The first kappa shape index (κ1) is 21.6. The Morgan fingerprint density at radius 2 is 1.00 bits per heavy atom. The van der Waals surface area contributed by atoms with Crippen LogP contribution in [0.25, 0.3) is 0 Å². The van der Waals surface area contributed by atoms with Crippen molar-refractivity contribution in [2.75, 3.05) is 0 Å². The topological polar surface area (TPSA) is 0 Å². The minimum absolute atomic E-state index is 0.698. The fraction of sp³-hybridized carbons (Fsp3) is 0.200. The van der Waals surface area contributed by atoms with Crippen molar-refractivity contribution in [1.82, 2.24) is 0 Å². The van der Waals surface area contributed by atoms with Gasteiger partial charge in [0.2, 0.25) is 0 Å². The molecule has 0 atom stereocenters. The fourth-order valence-electron chi connectivity index (χ4n) is 5.56. The Hall–Kier alpha value is -2.21. The van der Waals surface area contributed by atoms with Crippen LogP contribution >= 0.6 is 23.9 Å². The molecule has 32 heavy (non-hydrogen) atoms. The molecule has 0 fully saturated rings. The minimum atomic E-state index is -0.698. The van der Waals surface area contributed by atoms with Gasteiger partial charge in [-0.05, 0) is 109 Å². The van der Waals surface area contributed by atoms with Crippen LogP contribution in [0, 0.1) is 62.4 Å². The molecule has 4 aromatic rings. The normalized spacial score (nSPS) is 11.9. The van der Waals surface area contributed by atoms with Crippen molar-refractivity contribution in [2.45, 2.75) is 41.5 Å². The Kier molecular flexibility index (Phi) is 5.39. The third kappa shape index (κ3) is 3.30. The molecular weight excluding hydrogens is 471 g/mol. The van der Waals surface area contributed by atoms with E-state index < -0.39 is 7.92 Å². The molecule has 1 aliphatic rings. The summed E-state index contributed by atoms with van der Waals surface area (Å²) >= 11 is 3.85. The van der Waals surface area contributed by atoms with Crippen molar-refractivity contribution in [1.29, 1.82) is 0 Å². The van der Waals surface area contributed by atoms with E-state index in [0.29, 0.717) is 0 Å². The molecule has 0 amide bonds. The van der Waals surface area contributed by atoms with Crippen molar-refractivity contribution in [3.8, 4) is 0 Å². The average molecular weight is 499 g/mol. The second-order valence-corrected chi connectivity index (χ2v) is 12.1. The maximum Gasteiger partial charge on any atom is 0.0260 e. The molecule has 160 valence electrons. The molecule has 0 spiro atoms. The highest BCUT2D eigenvalue weighted by molar-refractivity contribution is 9.10. The van der Waals surface area contributed by atoms with Gasteiger partial charge in [0, 0.05) is 9.69 Å². The van der Waals surface area contributed by atoms with Crippen LogP contribution in [0.2, 0.25) is 0 Å². The third-order valence-electron chi connectivity index (χ3n) is 6.56. The number of fused-ring (bicyclic) bond motifs is 2. The standard InChI is InChI=1S/C30H28BrP/c1-17-13-19(3)29(20(4)14-17)32(30-21(5)15-18(2)16-22(30)6)26-12-8-10-24-23-9-7-11-25(31)27(23)28(24)26/h7-16H,1-6H3. The van der Waals surface area contributed by atoms with Gasteiger partial charge in [0.1, 0.15) is 0 Å². The molecule has 0 radical (unpaired) electrons. The molecule has 2 heteroatoms. The van der Waals surface area contributed by atoms with Crippen LogP contribution in [0.4, 0.5) is 0 Å². The molecule has 0 saturated heterocycles. The van der Waals surface area contributed by atoms with Gasteiger partial charge in [0.15, 0.2) is 0 Å². The Morgan fingerprint density at radius 1 is 0.562 bits per heavy atom. The third-order valence-corrected chi connectivity index (χ3v) is 10.4.